The average molecular weight is 236 g/mol. The quantitative estimate of drug-likeness (QED) is 0.726. The largest absolute Gasteiger partial charge is 0.332 e. The first-order valence-electron chi connectivity index (χ1n) is 5.17. The topological polar surface area (TPSA) is 49.9 Å². The molecule has 92 valence electrons. The van der Waals surface area contributed by atoms with Crippen LogP contribution in [0.1, 0.15) is 10.4 Å². The van der Waals surface area contributed by atoms with Gasteiger partial charge in [-0.1, -0.05) is 18.2 Å². The minimum atomic E-state index is -0.278. The summed E-state index contributed by atoms with van der Waals surface area (Å²) >= 11 is 0. The van der Waals surface area contributed by atoms with Crippen LogP contribution in [0.3, 0.4) is 0 Å². The molecule has 0 aliphatic heterocycles. The van der Waals surface area contributed by atoms with Gasteiger partial charge in [-0.2, -0.15) is 0 Å². The van der Waals surface area contributed by atoms with Gasteiger partial charge in [0.15, 0.2) is 0 Å². The van der Waals surface area contributed by atoms with Crippen LogP contribution >= 0.6 is 0 Å². The van der Waals surface area contributed by atoms with Gasteiger partial charge >= 0.3 is 0 Å². The fourth-order valence-electron chi connectivity index (χ4n) is 1.28. The van der Waals surface area contributed by atoms with Gasteiger partial charge in [-0.3, -0.25) is 14.4 Å². The van der Waals surface area contributed by atoms with Crippen molar-refractivity contribution in [1.29, 1.82) is 0 Å². The van der Waals surface area contributed by atoms with E-state index in [1.807, 2.05) is 6.07 Å². The maximum absolute atomic E-state index is 11.9. The maximum atomic E-state index is 11.9. The van der Waals surface area contributed by atoms with E-state index in [4.69, 9.17) is 4.84 Å². The summed E-state index contributed by atoms with van der Waals surface area (Å²) in [6.45, 7) is -0.0158. The van der Waals surface area contributed by atoms with Crippen LogP contribution in [0.25, 0.3) is 0 Å². The Morgan fingerprint density at radius 2 is 1.76 bits per heavy atom. The van der Waals surface area contributed by atoms with Crippen molar-refractivity contribution in [3.8, 4) is 0 Å². The zero-order valence-corrected chi connectivity index (χ0v) is 10.2. The van der Waals surface area contributed by atoms with Crippen molar-refractivity contribution in [2.75, 3.05) is 27.7 Å². The maximum Gasteiger partial charge on any atom is 0.265 e. The van der Waals surface area contributed by atoms with Gasteiger partial charge in [0.25, 0.3) is 11.8 Å². The molecular weight excluding hydrogens is 220 g/mol. The summed E-state index contributed by atoms with van der Waals surface area (Å²) in [5, 5.41) is 1.09. The van der Waals surface area contributed by atoms with E-state index in [0.29, 0.717) is 5.56 Å². The second-order valence-electron chi connectivity index (χ2n) is 3.60. The number of rotatable bonds is 4. The van der Waals surface area contributed by atoms with Crippen LogP contribution < -0.4 is 0 Å². The van der Waals surface area contributed by atoms with Crippen LogP contribution in [0.15, 0.2) is 30.3 Å². The third-order valence-electron chi connectivity index (χ3n) is 2.36. The summed E-state index contributed by atoms with van der Waals surface area (Å²) in [6.07, 6.45) is 0. The number of hydrogen-bond acceptors (Lipinski definition) is 3. The predicted octanol–water partition coefficient (Wildman–Crippen LogP) is 0.778. The monoisotopic (exact) mass is 236 g/mol. The second kappa shape index (κ2) is 6.00. The Morgan fingerprint density at radius 1 is 1.18 bits per heavy atom. The summed E-state index contributed by atoms with van der Waals surface area (Å²) < 4.78 is 0. The van der Waals surface area contributed by atoms with Crippen molar-refractivity contribution in [3.63, 3.8) is 0 Å². The minimum Gasteiger partial charge on any atom is -0.332 e. The predicted molar refractivity (Wildman–Crippen MR) is 63.2 cm³/mol. The molecule has 0 aliphatic carbocycles. The van der Waals surface area contributed by atoms with Gasteiger partial charge in [0.2, 0.25) is 0 Å². The molecule has 0 saturated carbocycles. The van der Waals surface area contributed by atoms with E-state index in [9.17, 15) is 9.59 Å². The summed E-state index contributed by atoms with van der Waals surface area (Å²) in [4.78, 5) is 29.5. The zero-order chi connectivity index (χ0) is 12.8. The first-order valence-corrected chi connectivity index (χ1v) is 5.17. The Kier molecular flexibility index (Phi) is 4.66. The molecule has 1 aromatic carbocycles. The van der Waals surface area contributed by atoms with Gasteiger partial charge < -0.3 is 4.90 Å². The van der Waals surface area contributed by atoms with Gasteiger partial charge in [0.1, 0.15) is 6.54 Å². The van der Waals surface area contributed by atoms with Crippen LogP contribution in [0.5, 0.6) is 0 Å². The first kappa shape index (κ1) is 13.2. The molecular formula is C12H16N2O3. The number of benzene rings is 1. The lowest BCUT2D eigenvalue weighted by Gasteiger charge is -2.20. The van der Waals surface area contributed by atoms with Gasteiger partial charge in [-0.05, 0) is 12.1 Å². The number of nitrogens with zero attached hydrogens (tertiary/aromatic N) is 2. The molecule has 0 aliphatic rings. The van der Waals surface area contributed by atoms with E-state index in [-0.39, 0.29) is 18.4 Å². The van der Waals surface area contributed by atoms with E-state index in [1.54, 1.807) is 31.3 Å². The molecule has 0 spiro atoms. The van der Waals surface area contributed by atoms with Crippen molar-refractivity contribution in [2.45, 2.75) is 0 Å². The van der Waals surface area contributed by atoms with Gasteiger partial charge in [-0.15, -0.1) is 0 Å². The van der Waals surface area contributed by atoms with Crippen LogP contribution in [0.2, 0.25) is 0 Å². The molecule has 0 saturated heterocycles. The fourth-order valence-corrected chi connectivity index (χ4v) is 1.28. The Labute approximate surface area is 101 Å². The summed E-state index contributed by atoms with van der Waals surface area (Å²) in [7, 11) is 4.48. The van der Waals surface area contributed by atoms with E-state index in [1.165, 1.54) is 19.1 Å². The molecule has 1 rings (SSSR count). The molecule has 0 unspecified atom stereocenters. The lowest BCUT2D eigenvalue weighted by molar-refractivity contribution is -0.168. The number of hydroxylamine groups is 2. The molecule has 0 fully saturated rings. The van der Waals surface area contributed by atoms with Gasteiger partial charge in [0.05, 0.1) is 7.11 Å². The molecule has 0 aromatic heterocycles. The summed E-state index contributed by atoms with van der Waals surface area (Å²) in [5.41, 5.74) is 0.558. The van der Waals surface area contributed by atoms with E-state index in [0.717, 1.165) is 5.06 Å². The zero-order valence-electron chi connectivity index (χ0n) is 10.2. The Balaban J connectivity index is 2.62. The van der Waals surface area contributed by atoms with Crippen LogP contribution in [-0.2, 0) is 9.63 Å². The van der Waals surface area contributed by atoms with Gasteiger partial charge in [0, 0.05) is 19.7 Å². The molecule has 2 amide bonds. The molecule has 0 radical (unpaired) electrons. The van der Waals surface area contributed by atoms with Crippen molar-refractivity contribution in [2.24, 2.45) is 0 Å². The Hall–Kier alpha value is -1.88. The normalized spacial score (nSPS) is 9.82. The van der Waals surface area contributed by atoms with Crippen molar-refractivity contribution in [1.82, 2.24) is 9.96 Å². The molecule has 0 bridgehead atoms. The number of carbonyl (C=O) groups is 2. The standard InChI is InChI=1S/C12H16N2O3/c1-13(9-11(15)14(2)17-3)12(16)10-7-5-4-6-8-10/h4-8H,9H2,1-3H3. The summed E-state index contributed by atoms with van der Waals surface area (Å²) in [6, 6.07) is 8.82. The molecule has 17 heavy (non-hydrogen) atoms. The molecule has 0 atom stereocenters. The lowest BCUT2D eigenvalue weighted by atomic mass is 10.2. The Bertz CT molecular complexity index is 392. The summed E-state index contributed by atoms with van der Waals surface area (Å²) in [5.74, 6) is -0.470. The SMILES string of the molecule is CON(C)C(=O)CN(C)C(=O)c1ccccc1. The number of amides is 2. The first-order chi connectivity index (χ1) is 8.06. The van der Waals surface area contributed by atoms with Crippen molar-refractivity contribution >= 4 is 11.8 Å². The van der Waals surface area contributed by atoms with Crippen LogP contribution in [-0.4, -0.2) is 49.5 Å². The molecule has 1 aromatic rings. The highest BCUT2D eigenvalue weighted by Crippen LogP contribution is 2.03. The van der Waals surface area contributed by atoms with E-state index >= 15 is 0 Å². The highest BCUT2D eigenvalue weighted by molar-refractivity contribution is 5.96. The fraction of sp³-hybridized carbons (Fsp3) is 0.333. The minimum absolute atomic E-state index is 0.0158. The van der Waals surface area contributed by atoms with E-state index in [2.05, 4.69) is 0 Å². The Morgan fingerprint density at radius 3 is 2.29 bits per heavy atom. The number of carbonyl (C=O) groups excluding carboxylic acids is 2. The van der Waals surface area contributed by atoms with Crippen LogP contribution in [0, 0.1) is 0 Å². The molecule has 0 N–H and O–H groups in total. The third kappa shape index (κ3) is 3.57. The highest BCUT2D eigenvalue weighted by Gasteiger charge is 2.16. The van der Waals surface area contributed by atoms with E-state index < -0.39 is 0 Å². The molecule has 5 nitrogen and oxygen atoms in total. The smallest absolute Gasteiger partial charge is 0.265 e. The molecule has 5 heteroatoms. The second-order valence-corrected chi connectivity index (χ2v) is 3.60. The highest BCUT2D eigenvalue weighted by atomic mass is 16.7. The van der Waals surface area contributed by atoms with Crippen molar-refractivity contribution < 1.29 is 14.4 Å². The van der Waals surface area contributed by atoms with Crippen LogP contribution in [0.4, 0.5) is 0 Å². The average Bonchev–Trinajstić information content (AvgIpc) is 2.37. The number of hydrogen-bond donors (Lipinski definition) is 0. The third-order valence-corrected chi connectivity index (χ3v) is 2.36. The molecule has 0 heterocycles. The lowest BCUT2D eigenvalue weighted by Crippen LogP contribution is -2.38. The van der Waals surface area contributed by atoms with Crippen molar-refractivity contribution in [3.05, 3.63) is 35.9 Å². The number of likely N-dealkylation sites (N-methyl/N-ethyl adjacent to an activating group) is 2. The van der Waals surface area contributed by atoms with Gasteiger partial charge in [-0.25, -0.2) is 5.06 Å².